The van der Waals surface area contributed by atoms with Gasteiger partial charge in [-0.05, 0) is 38.5 Å². The average Bonchev–Trinajstić information content (AvgIpc) is 3.24. The van der Waals surface area contributed by atoms with Gasteiger partial charge in [0.2, 0.25) is 0 Å². The van der Waals surface area contributed by atoms with Crippen LogP contribution >= 0.6 is 0 Å². The summed E-state index contributed by atoms with van der Waals surface area (Å²) in [5, 5.41) is 0.383. The van der Waals surface area contributed by atoms with Gasteiger partial charge in [0, 0.05) is 24.2 Å². The molecule has 0 aromatic rings. The van der Waals surface area contributed by atoms with Crippen LogP contribution in [0.3, 0.4) is 0 Å². The molecule has 0 saturated heterocycles. The molecular formula is C13H21NO3S. The molecule has 4 aliphatic carbocycles. The van der Waals surface area contributed by atoms with Crippen LogP contribution < -0.4 is 4.72 Å². The molecule has 4 saturated carbocycles. The van der Waals surface area contributed by atoms with E-state index in [0.29, 0.717) is 5.25 Å². The molecule has 4 aliphatic rings. The Morgan fingerprint density at radius 2 is 1.78 bits per heavy atom. The van der Waals surface area contributed by atoms with E-state index in [1.54, 1.807) is 0 Å². The van der Waals surface area contributed by atoms with Crippen LogP contribution in [0.5, 0.6) is 0 Å². The van der Waals surface area contributed by atoms with Gasteiger partial charge in [0.15, 0.2) is 0 Å². The fourth-order valence-corrected chi connectivity index (χ4v) is 4.90. The Bertz CT molecular complexity index is 332. The van der Waals surface area contributed by atoms with Gasteiger partial charge in [-0.2, -0.15) is 0 Å². The second kappa shape index (κ2) is 4.39. The first-order valence-electron chi connectivity index (χ1n) is 6.86. The molecule has 4 nitrogen and oxygen atoms in total. The topological polar surface area (TPSA) is 61.4 Å². The van der Waals surface area contributed by atoms with Crippen molar-refractivity contribution >= 4 is 17.3 Å². The van der Waals surface area contributed by atoms with E-state index < -0.39 is 11.4 Å². The molecule has 102 valence electrons. The summed E-state index contributed by atoms with van der Waals surface area (Å²) < 4.78 is 20.4. The van der Waals surface area contributed by atoms with Crippen molar-refractivity contribution in [3.8, 4) is 0 Å². The number of hydrogen-bond donors (Lipinski definition) is 1. The van der Waals surface area contributed by atoms with Gasteiger partial charge >= 0.3 is 5.97 Å². The fourth-order valence-electron chi connectivity index (χ4n) is 3.44. The number of ether oxygens (including phenoxy) is 1. The van der Waals surface area contributed by atoms with E-state index in [0.717, 1.165) is 51.4 Å². The Labute approximate surface area is 111 Å². The van der Waals surface area contributed by atoms with Crippen molar-refractivity contribution in [3.63, 3.8) is 0 Å². The molecule has 5 heteroatoms. The third kappa shape index (κ3) is 2.06. The zero-order chi connectivity index (χ0) is 12.8. The number of hydrogen-bond acceptors (Lipinski definition) is 4. The molecule has 1 atom stereocenters. The van der Waals surface area contributed by atoms with Crippen LogP contribution in [-0.2, 0) is 20.9 Å². The van der Waals surface area contributed by atoms with Gasteiger partial charge in [-0.25, -0.2) is 0 Å². The third-order valence-electron chi connectivity index (χ3n) is 5.01. The number of rotatable bonds is 4. The van der Waals surface area contributed by atoms with Crippen molar-refractivity contribution in [1.29, 1.82) is 0 Å². The minimum absolute atomic E-state index is 0.0310. The average molecular weight is 271 g/mol. The zero-order valence-electron chi connectivity index (χ0n) is 10.9. The zero-order valence-corrected chi connectivity index (χ0v) is 11.7. The van der Waals surface area contributed by atoms with Crippen molar-refractivity contribution in [3.05, 3.63) is 0 Å². The standard InChI is InChI=1S/C13H21NO3S/c1-17-11(15)12-4-7-13(8-5-12,9-6-12)14-18(16)10-2-3-10/h10,14H,2-9H2,1H3. The van der Waals surface area contributed by atoms with Gasteiger partial charge in [-0.1, -0.05) is 0 Å². The van der Waals surface area contributed by atoms with Gasteiger partial charge in [0.25, 0.3) is 0 Å². The largest absolute Gasteiger partial charge is 0.598 e. The molecule has 0 aromatic heterocycles. The summed E-state index contributed by atoms with van der Waals surface area (Å²) in [4.78, 5) is 11.9. The lowest BCUT2D eigenvalue weighted by Gasteiger charge is -2.51. The first-order valence-corrected chi connectivity index (χ1v) is 8.07. The van der Waals surface area contributed by atoms with Gasteiger partial charge in [-0.3, -0.25) is 4.79 Å². The Morgan fingerprint density at radius 1 is 1.22 bits per heavy atom. The summed E-state index contributed by atoms with van der Waals surface area (Å²) in [7, 11) is 1.48. The summed E-state index contributed by atoms with van der Waals surface area (Å²) >= 11 is -0.865. The van der Waals surface area contributed by atoms with Crippen LogP contribution in [0.2, 0.25) is 0 Å². The first kappa shape index (κ1) is 12.8. The van der Waals surface area contributed by atoms with Crippen LogP contribution in [-0.4, -0.2) is 28.4 Å². The van der Waals surface area contributed by atoms with Gasteiger partial charge < -0.3 is 9.29 Å². The number of esters is 1. The summed E-state index contributed by atoms with van der Waals surface area (Å²) in [6.45, 7) is 0. The highest BCUT2D eigenvalue weighted by atomic mass is 32.2. The van der Waals surface area contributed by atoms with Crippen molar-refractivity contribution in [2.75, 3.05) is 7.11 Å². The second-order valence-electron chi connectivity index (χ2n) is 6.15. The molecule has 4 fully saturated rings. The Morgan fingerprint density at radius 3 is 2.22 bits per heavy atom. The van der Waals surface area contributed by atoms with E-state index in [4.69, 9.17) is 4.74 Å². The normalized spacial score (nSPS) is 40.6. The molecule has 0 heterocycles. The van der Waals surface area contributed by atoms with Crippen molar-refractivity contribution in [1.82, 2.24) is 4.72 Å². The van der Waals surface area contributed by atoms with Crippen LogP contribution in [0.1, 0.15) is 51.4 Å². The van der Waals surface area contributed by atoms with Crippen LogP contribution in [0, 0.1) is 5.41 Å². The van der Waals surface area contributed by atoms with Gasteiger partial charge in [0.1, 0.15) is 5.25 Å². The van der Waals surface area contributed by atoms with E-state index in [2.05, 4.69) is 4.72 Å². The molecule has 1 N–H and O–H groups in total. The van der Waals surface area contributed by atoms with Crippen LogP contribution in [0.4, 0.5) is 0 Å². The summed E-state index contributed by atoms with van der Waals surface area (Å²) in [6.07, 6.45) is 7.73. The quantitative estimate of drug-likeness (QED) is 0.624. The minimum Gasteiger partial charge on any atom is -0.598 e. The lowest BCUT2D eigenvalue weighted by atomic mass is 9.57. The third-order valence-corrected chi connectivity index (χ3v) is 6.72. The second-order valence-corrected chi connectivity index (χ2v) is 7.62. The first-order chi connectivity index (χ1) is 8.59. The van der Waals surface area contributed by atoms with Crippen LogP contribution in [0.15, 0.2) is 0 Å². The maximum atomic E-state index is 12.0. The summed E-state index contributed by atoms with van der Waals surface area (Å²) in [5.41, 5.74) is -0.206. The molecule has 0 amide bonds. The van der Waals surface area contributed by atoms with E-state index >= 15 is 0 Å². The maximum absolute atomic E-state index is 12.0. The maximum Gasteiger partial charge on any atom is 0.311 e. The van der Waals surface area contributed by atoms with E-state index in [9.17, 15) is 9.35 Å². The lowest BCUT2D eigenvalue weighted by molar-refractivity contribution is -0.160. The SMILES string of the molecule is COC(=O)C12CCC(N[S+]([O-])C3CC3)(CC1)CC2. The molecule has 0 aromatic carbocycles. The molecule has 2 bridgehead atoms. The van der Waals surface area contributed by atoms with E-state index in [1.165, 1.54) is 7.11 Å². The molecular weight excluding hydrogens is 250 g/mol. The number of nitrogens with one attached hydrogen (secondary N) is 1. The molecule has 0 spiro atoms. The predicted octanol–water partition coefficient (Wildman–Crippen LogP) is 1.67. The molecule has 0 radical (unpaired) electrons. The Balaban J connectivity index is 1.64. The number of fused-ring (bicyclic) bond motifs is 3. The summed E-state index contributed by atoms with van der Waals surface area (Å²) in [5.74, 6) is -0.0425. The number of carbonyl (C=O) groups excluding carboxylic acids is 1. The predicted molar refractivity (Wildman–Crippen MR) is 69.2 cm³/mol. The van der Waals surface area contributed by atoms with Crippen molar-refractivity contribution in [2.24, 2.45) is 5.41 Å². The molecule has 18 heavy (non-hydrogen) atoms. The Hall–Kier alpha value is -0.260. The molecule has 4 rings (SSSR count). The number of methoxy groups -OCH3 is 1. The minimum atomic E-state index is -0.865. The Kier molecular flexibility index (Phi) is 3.11. The van der Waals surface area contributed by atoms with Gasteiger partial charge in [-0.15, -0.1) is 4.72 Å². The highest BCUT2D eigenvalue weighted by Crippen LogP contribution is 2.53. The van der Waals surface area contributed by atoms with Crippen molar-refractivity contribution in [2.45, 2.75) is 62.2 Å². The summed E-state index contributed by atoms with van der Waals surface area (Å²) in [6, 6.07) is 0. The number of carbonyl (C=O) groups is 1. The lowest BCUT2D eigenvalue weighted by Crippen LogP contribution is -2.58. The molecule has 0 aliphatic heterocycles. The fraction of sp³-hybridized carbons (Fsp3) is 0.923. The highest BCUT2D eigenvalue weighted by Gasteiger charge is 2.55. The highest BCUT2D eigenvalue weighted by molar-refractivity contribution is 7.90. The molecule has 1 unspecified atom stereocenters. The smallest absolute Gasteiger partial charge is 0.311 e. The van der Waals surface area contributed by atoms with E-state index in [1.807, 2.05) is 0 Å². The van der Waals surface area contributed by atoms with Crippen molar-refractivity contribution < 1.29 is 14.1 Å². The van der Waals surface area contributed by atoms with Crippen LogP contribution in [0.25, 0.3) is 0 Å². The van der Waals surface area contributed by atoms with E-state index in [-0.39, 0.29) is 16.9 Å². The monoisotopic (exact) mass is 271 g/mol. The van der Waals surface area contributed by atoms with Gasteiger partial charge in [0.05, 0.1) is 18.1 Å².